The van der Waals surface area contributed by atoms with Crippen LogP contribution in [0.15, 0.2) is 18.5 Å². The number of nitrogens with zero attached hydrogens (tertiary/aromatic N) is 3. The van der Waals surface area contributed by atoms with E-state index >= 15 is 0 Å². The van der Waals surface area contributed by atoms with Gasteiger partial charge in [0.15, 0.2) is 0 Å². The quantitative estimate of drug-likeness (QED) is 0.734. The van der Waals surface area contributed by atoms with Gasteiger partial charge in [0.25, 0.3) is 0 Å². The maximum absolute atomic E-state index is 4.46. The van der Waals surface area contributed by atoms with Gasteiger partial charge in [0, 0.05) is 12.4 Å². The molecule has 3 heteroatoms. The van der Waals surface area contributed by atoms with Crippen LogP contribution in [0, 0.1) is 12.3 Å². The molecule has 0 aliphatic heterocycles. The summed E-state index contributed by atoms with van der Waals surface area (Å²) in [6, 6.07) is 1.92. The number of hydrogen-bond acceptors (Lipinski definition) is 3. The lowest BCUT2D eigenvalue weighted by Crippen LogP contribution is -2.11. The van der Waals surface area contributed by atoms with E-state index in [1.807, 2.05) is 19.2 Å². The lowest BCUT2D eigenvalue weighted by atomic mass is 9.90. The molecule has 0 amide bonds. The van der Waals surface area contributed by atoms with Gasteiger partial charge in [-0.25, -0.2) is 4.98 Å². The molecule has 0 unspecified atom stereocenters. The highest BCUT2D eigenvalue weighted by molar-refractivity contribution is 5.76. The van der Waals surface area contributed by atoms with E-state index in [1.165, 1.54) is 0 Å². The van der Waals surface area contributed by atoms with Gasteiger partial charge in [-0.15, -0.1) is 0 Å². The predicted molar refractivity (Wildman–Crippen MR) is 65.2 cm³/mol. The molecule has 3 nitrogen and oxygen atoms in total. The van der Waals surface area contributed by atoms with Crippen LogP contribution >= 0.6 is 0 Å². The summed E-state index contributed by atoms with van der Waals surface area (Å²) in [6.07, 6.45) is 4.54. The van der Waals surface area contributed by atoms with Gasteiger partial charge in [-0.2, -0.15) is 0 Å². The van der Waals surface area contributed by atoms with Crippen LogP contribution in [0.2, 0.25) is 0 Å². The average Bonchev–Trinajstić information content (AvgIpc) is 2.15. The first kappa shape index (κ1) is 11.0. The van der Waals surface area contributed by atoms with Gasteiger partial charge in [-0.3, -0.25) is 9.97 Å². The Bertz CT molecular complexity index is 512. The Balaban J connectivity index is 2.54. The summed E-state index contributed by atoms with van der Waals surface area (Å²) in [4.78, 5) is 13.3. The molecule has 2 aromatic rings. The molecule has 2 heterocycles. The van der Waals surface area contributed by atoms with Crippen molar-refractivity contribution in [3.63, 3.8) is 0 Å². The zero-order valence-corrected chi connectivity index (χ0v) is 10.3. The lowest BCUT2D eigenvalue weighted by molar-refractivity contribution is 0.407. The van der Waals surface area contributed by atoms with Crippen molar-refractivity contribution >= 4 is 11.0 Å². The maximum Gasteiger partial charge on any atom is 0.110 e. The van der Waals surface area contributed by atoms with E-state index in [-0.39, 0.29) is 5.41 Å². The van der Waals surface area contributed by atoms with Gasteiger partial charge < -0.3 is 0 Å². The average molecular weight is 215 g/mol. The normalized spacial score (nSPS) is 12.0. The van der Waals surface area contributed by atoms with E-state index in [2.05, 4.69) is 35.7 Å². The van der Waals surface area contributed by atoms with E-state index in [4.69, 9.17) is 0 Å². The largest absolute Gasteiger partial charge is 0.259 e. The van der Waals surface area contributed by atoms with E-state index in [0.29, 0.717) is 0 Å². The first-order chi connectivity index (χ1) is 7.46. The predicted octanol–water partition coefficient (Wildman–Crippen LogP) is 2.92. The first-order valence-corrected chi connectivity index (χ1v) is 5.53. The third kappa shape index (κ3) is 2.35. The molecule has 0 saturated heterocycles. The van der Waals surface area contributed by atoms with Crippen molar-refractivity contribution in [1.82, 2.24) is 15.0 Å². The van der Waals surface area contributed by atoms with Gasteiger partial charge in [-0.1, -0.05) is 20.8 Å². The summed E-state index contributed by atoms with van der Waals surface area (Å²) in [7, 11) is 0. The Kier molecular flexibility index (Phi) is 2.62. The molecule has 0 radical (unpaired) electrons. The summed E-state index contributed by atoms with van der Waals surface area (Å²) < 4.78 is 0. The highest BCUT2D eigenvalue weighted by Gasteiger charge is 2.15. The summed E-state index contributed by atoms with van der Waals surface area (Å²) in [5.74, 6) is 0. The fourth-order valence-electron chi connectivity index (χ4n) is 1.73. The molecule has 0 spiro atoms. The fraction of sp³-hybridized carbons (Fsp3) is 0.462. The third-order valence-corrected chi connectivity index (χ3v) is 2.35. The first-order valence-electron chi connectivity index (χ1n) is 5.53. The van der Waals surface area contributed by atoms with E-state index in [1.54, 1.807) is 6.20 Å². The summed E-state index contributed by atoms with van der Waals surface area (Å²) in [5, 5.41) is 0. The standard InChI is InChI=1S/C13H17N3/c1-9-8-15-12-10(16-9)5-6-14-11(12)7-13(2,3)4/h5-6,8H,7H2,1-4H3. The van der Waals surface area contributed by atoms with Crippen molar-refractivity contribution in [2.45, 2.75) is 34.1 Å². The molecule has 0 atom stereocenters. The molecule has 16 heavy (non-hydrogen) atoms. The Labute approximate surface area is 96.0 Å². The van der Waals surface area contributed by atoms with Gasteiger partial charge in [0.1, 0.15) is 5.52 Å². The van der Waals surface area contributed by atoms with Crippen molar-refractivity contribution in [2.75, 3.05) is 0 Å². The molecule has 0 saturated carbocycles. The minimum Gasteiger partial charge on any atom is -0.259 e. The molecule has 0 aliphatic rings. The molecular formula is C13H17N3. The third-order valence-electron chi connectivity index (χ3n) is 2.35. The van der Waals surface area contributed by atoms with Gasteiger partial charge >= 0.3 is 0 Å². The molecule has 0 fully saturated rings. The molecule has 0 aromatic carbocycles. The summed E-state index contributed by atoms with van der Waals surface area (Å²) in [6.45, 7) is 8.57. The Morgan fingerprint density at radius 1 is 1.19 bits per heavy atom. The van der Waals surface area contributed by atoms with Crippen LogP contribution in [-0.4, -0.2) is 15.0 Å². The van der Waals surface area contributed by atoms with Crippen LogP contribution < -0.4 is 0 Å². The van der Waals surface area contributed by atoms with E-state index < -0.39 is 0 Å². The molecule has 2 rings (SSSR count). The molecule has 84 valence electrons. The van der Waals surface area contributed by atoms with Crippen LogP contribution in [-0.2, 0) is 6.42 Å². The summed E-state index contributed by atoms with van der Waals surface area (Å²) >= 11 is 0. The number of aryl methyl sites for hydroxylation is 1. The van der Waals surface area contributed by atoms with Crippen LogP contribution in [0.1, 0.15) is 32.2 Å². The van der Waals surface area contributed by atoms with Crippen LogP contribution in [0.4, 0.5) is 0 Å². The number of aromatic nitrogens is 3. The number of rotatable bonds is 1. The number of pyridine rings is 1. The highest BCUT2D eigenvalue weighted by atomic mass is 14.8. The second-order valence-corrected chi connectivity index (χ2v) is 5.37. The SMILES string of the molecule is Cc1cnc2c(CC(C)(C)C)nccc2n1. The number of hydrogen-bond donors (Lipinski definition) is 0. The van der Waals surface area contributed by atoms with Crippen molar-refractivity contribution in [1.29, 1.82) is 0 Å². The zero-order chi connectivity index (χ0) is 11.8. The lowest BCUT2D eigenvalue weighted by Gasteiger charge is -2.17. The van der Waals surface area contributed by atoms with Crippen molar-refractivity contribution in [2.24, 2.45) is 5.41 Å². The maximum atomic E-state index is 4.46. The summed E-state index contributed by atoms with van der Waals surface area (Å²) in [5.41, 5.74) is 4.07. The smallest absolute Gasteiger partial charge is 0.110 e. The highest BCUT2D eigenvalue weighted by Crippen LogP contribution is 2.23. The zero-order valence-electron chi connectivity index (χ0n) is 10.3. The van der Waals surface area contributed by atoms with Gasteiger partial charge in [-0.05, 0) is 24.8 Å². The van der Waals surface area contributed by atoms with Crippen molar-refractivity contribution < 1.29 is 0 Å². The van der Waals surface area contributed by atoms with E-state index in [9.17, 15) is 0 Å². The molecule has 0 N–H and O–H groups in total. The van der Waals surface area contributed by atoms with E-state index in [0.717, 1.165) is 28.8 Å². The molecular weight excluding hydrogens is 198 g/mol. The second kappa shape index (κ2) is 3.81. The Morgan fingerprint density at radius 3 is 2.62 bits per heavy atom. The molecule has 2 aromatic heterocycles. The van der Waals surface area contributed by atoms with Crippen molar-refractivity contribution in [3.8, 4) is 0 Å². The number of fused-ring (bicyclic) bond motifs is 1. The van der Waals surface area contributed by atoms with Crippen LogP contribution in [0.3, 0.4) is 0 Å². The minimum absolute atomic E-state index is 0.216. The Hall–Kier alpha value is -1.51. The molecule has 0 aliphatic carbocycles. The van der Waals surface area contributed by atoms with Crippen LogP contribution in [0.25, 0.3) is 11.0 Å². The Morgan fingerprint density at radius 2 is 1.94 bits per heavy atom. The van der Waals surface area contributed by atoms with Gasteiger partial charge in [0.05, 0.1) is 16.9 Å². The van der Waals surface area contributed by atoms with Crippen molar-refractivity contribution in [3.05, 3.63) is 29.8 Å². The molecule has 0 bridgehead atoms. The second-order valence-electron chi connectivity index (χ2n) is 5.37. The van der Waals surface area contributed by atoms with Crippen LogP contribution in [0.5, 0.6) is 0 Å². The topological polar surface area (TPSA) is 38.7 Å². The van der Waals surface area contributed by atoms with Gasteiger partial charge in [0.2, 0.25) is 0 Å². The minimum atomic E-state index is 0.216. The fourth-order valence-corrected chi connectivity index (χ4v) is 1.73. The monoisotopic (exact) mass is 215 g/mol.